The van der Waals surface area contributed by atoms with Gasteiger partial charge in [-0.2, -0.15) is 13.2 Å². The summed E-state index contributed by atoms with van der Waals surface area (Å²) in [7, 11) is 0. The maximum Gasteiger partial charge on any atom is 0.431 e. The summed E-state index contributed by atoms with van der Waals surface area (Å²) in [6.07, 6.45) is -2.62. The van der Waals surface area contributed by atoms with E-state index in [1.165, 1.54) is 13.0 Å². The lowest BCUT2D eigenvalue weighted by atomic mass is 9.95. The molecule has 0 radical (unpaired) electrons. The van der Waals surface area contributed by atoms with E-state index in [0.29, 0.717) is 30.5 Å². The third kappa shape index (κ3) is 4.14. The molecule has 9 heteroatoms. The van der Waals surface area contributed by atoms with Gasteiger partial charge in [0.15, 0.2) is 0 Å². The zero-order valence-corrected chi connectivity index (χ0v) is 14.3. The first-order chi connectivity index (χ1) is 12.2. The monoisotopic (exact) mass is 371 g/mol. The Balaban J connectivity index is 2.12. The van der Waals surface area contributed by atoms with Crippen molar-refractivity contribution >= 4 is 17.5 Å². The summed E-state index contributed by atoms with van der Waals surface area (Å²) >= 11 is 0. The predicted octanol–water partition coefficient (Wildman–Crippen LogP) is 2.25. The minimum atomic E-state index is -4.65. The van der Waals surface area contributed by atoms with Crippen molar-refractivity contribution in [1.29, 1.82) is 0 Å². The van der Waals surface area contributed by atoms with Crippen molar-refractivity contribution in [3.05, 3.63) is 40.8 Å². The highest BCUT2D eigenvalue weighted by molar-refractivity contribution is 5.93. The average Bonchev–Trinajstić information content (AvgIpc) is 2.61. The fraction of sp³-hybridized carbons (Fsp3) is 0.471. The van der Waals surface area contributed by atoms with Crippen LogP contribution in [0.1, 0.15) is 25.5 Å². The molecule has 1 aliphatic heterocycles. The molecule has 2 amide bonds. The molecule has 0 unspecified atom stereocenters. The Morgan fingerprint density at radius 3 is 2.42 bits per heavy atom. The second kappa shape index (κ2) is 7.76. The molecular weight excluding hydrogens is 351 g/mol. The fourth-order valence-corrected chi connectivity index (χ4v) is 2.96. The minimum absolute atomic E-state index is 0.167. The number of hydrogen-bond donors (Lipinski definition) is 1. The number of hydrogen-bond acceptors (Lipinski definition) is 3. The molecule has 1 aliphatic rings. The third-order valence-electron chi connectivity index (χ3n) is 4.39. The average molecular weight is 371 g/mol. The van der Waals surface area contributed by atoms with E-state index >= 15 is 0 Å². The molecule has 6 nitrogen and oxygen atoms in total. The molecule has 2 heterocycles. The van der Waals surface area contributed by atoms with Crippen molar-refractivity contribution < 1.29 is 22.8 Å². The Bertz CT molecular complexity index is 763. The topological polar surface area (TPSA) is 71.4 Å². The SMILES string of the molecule is C=CC(=O)N1CCC(C(=O)Nc2ccc(C(F)(F)F)n(CC)c2=O)CC1. The van der Waals surface area contributed by atoms with Crippen LogP contribution in [0.4, 0.5) is 18.9 Å². The van der Waals surface area contributed by atoms with E-state index < -0.39 is 29.3 Å². The van der Waals surface area contributed by atoms with Gasteiger partial charge in [-0.3, -0.25) is 14.4 Å². The fourth-order valence-electron chi connectivity index (χ4n) is 2.96. The number of nitrogens with one attached hydrogen (secondary N) is 1. The normalized spacial score (nSPS) is 15.6. The van der Waals surface area contributed by atoms with Crippen LogP contribution < -0.4 is 10.9 Å². The molecule has 1 aromatic heterocycles. The van der Waals surface area contributed by atoms with Crippen LogP contribution in [0.2, 0.25) is 0 Å². The first-order valence-corrected chi connectivity index (χ1v) is 8.22. The number of carbonyl (C=O) groups excluding carboxylic acids is 2. The van der Waals surface area contributed by atoms with Gasteiger partial charge in [-0.05, 0) is 38.0 Å². The van der Waals surface area contributed by atoms with Gasteiger partial charge in [0.05, 0.1) is 0 Å². The van der Waals surface area contributed by atoms with Crippen LogP contribution in [0.25, 0.3) is 0 Å². The van der Waals surface area contributed by atoms with Crippen LogP contribution >= 0.6 is 0 Å². The molecule has 0 aromatic carbocycles. The van der Waals surface area contributed by atoms with Gasteiger partial charge < -0.3 is 14.8 Å². The molecule has 1 N–H and O–H groups in total. The van der Waals surface area contributed by atoms with E-state index in [0.717, 1.165) is 12.1 Å². The number of halogens is 3. The van der Waals surface area contributed by atoms with Crippen LogP contribution in [0.15, 0.2) is 29.6 Å². The Hall–Kier alpha value is -2.58. The number of likely N-dealkylation sites (tertiary alicyclic amines) is 1. The molecule has 2 rings (SSSR count). The van der Waals surface area contributed by atoms with E-state index in [1.807, 2.05) is 0 Å². The van der Waals surface area contributed by atoms with Gasteiger partial charge in [0.25, 0.3) is 5.56 Å². The Kier molecular flexibility index (Phi) is 5.89. The van der Waals surface area contributed by atoms with Crippen molar-refractivity contribution in [3.8, 4) is 0 Å². The molecule has 0 aliphatic carbocycles. The van der Waals surface area contributed by atoms with Crippen LogP contribution in [0.5, 0.6) is 0 Å². The number of carbonyl (C=O) groups is 2. The molecule has 0 atom stereocenters. The number of aromatic nitrogens is 1. The number of piperidine rings is 1. The van der Waals surface area contributed by atoms with Crippen LogP contribution in [-0.4, -0.2) is 34.4 Å². The third-order valence-corrected chi connectivity index (χ3v) is 4.39. The minimum Gasteiger partial charge on any atom is -0.339 e. The summed E-state index contributed by atoms with van der Waals surface area (Å²) < 4.78 is 39.4. The van der Waals surface area contributed by atoms with Crippen molar-refractivity contribution in [2.24, 2.45) is 5.92 Å². The van der Waals surface area contributed by atoms with E-state index in [1.54, 1.807) is 4.90 Å². The lowest BCUT2D eigenvalue weighted by Crippen LogP contribution is -2.41. The Morgan fingerprint density at radius 1 is 1.31 bits per heavy atom. The highest BCUT2D eigenvalue weighted by Crippen LogP contribution is 2.29. The Morgan fingerprint density at radius 2 is 1.92 bits per heavy atom. The zero-order chi connectivity index (χ0) is 19.5. The van der Waals surface area contributed by atoms with Gasteiger partial charge in [-0.1, -0.05) is 6.58 Å². The summed E-state index contributed by atoms with van der Waals surface area (Å²) in [5.41, 5.74) is -2.14. The van der Waals surface area contributed by atoms with Gasteiger partial charge in [-0.15, -0.1) is 0 Å². The molecule has 0 saturated carbocycles. The maximum atomic E-state index is 12.9. The van der Waals surface area contributed by atoms with Crippen molar-refractivity contribution in [2.45, 2.75) is 32.5 Å². The number of alkyl halides is 3. The number of anilines is 1. The smallest absolute Gasteiger partial charge is 0.339 e. The summed E-state index contributed by atoms with van der Waals surface area (Å²) in [5.74, 6) is -1.06. The summed E-state index contributed by atoms with van der Waals surface area (Å²) in [5, 5.41) is 2.43. The van der Waals surface area contributed by atoms with E-state index in [2.05, 4.69) is 11.9 Å². The molecule has 1 aromatic rings. The molecule has 26 heavy (non-hydrogen) atoms. The molecular formula is C17H20F3N3O3. The molecule has 0 spiro atoms. The largest absolute Gasteiger partial charge is 0.431 e. The van der Waals surface area contributed by atoms with Crippen LogP contribution in [0.3, 0.4) is 0 Å². The van der Waals surface area contributed by atoms with E-state index in [-0.39, 0.29) is 18.1 Å². The lowest BCUT2D eigenvalue weighted by molar-refractivity contribution is -0.144. The van der Waals surface area contributed by atoms with Gasteiger partial charge >= 0.3 is 6.18 Å². The molecule has 0 bridgehead atoms. The van der Waals surface area contributed by atoms with Crippen LogP contribution in [-0.2, 0) is 22.3 Å². The maximum absolute atomic E-state index is 12.9. The highest BCUT2D eigenvalue weighted by Gasteiger charge is 2.35. The lowest BCUT2D eigenvalue weighted by Gasteiger charge is -2.30. The van der Waals surface area contributed by atoms with Gasteiger partial charge in [-0.25, -0.2) is 0 Å². The summed E-state index contributed by atoms with van der Waals surface area (Å²) in [4.78, 5) is 37.7. The first-order valence-electron chi connectivity index (χ1n) is 8.22. The number of pyridine rings is 1. The van der Waals surface area contributed by atoms with Crippen molar-refractivity contribution in [1.82, 2.24) is 9.47 Å². The van der Waals surface area contributed by atoms with Crippen LogP contribution in [0, 0.1) is 5.92 Å². The predicted molar refractivity (Wildman–Crippen MR) is 89.5 cm³/mol. The van der Waals surface area contributed by atoms with Crippen molar-refractivity contribution in [3.63, 3.8) is 0 Å². The summed E-state index contributed by atoms with van der Waals surface area (Å²) in [6, 6.07) is 1.76. The molecule has 1 fully saturated rings. The Labute approximate surface area is 148 Å². The molecule has 1 saturated heterocycles. The second-order valence-electron chi connectivity index (χ2n) is 5.97. The number of nitrogens with zero attached hydrogens (tertiary/aromatic N) is 2. The van der Waals surface area contributed by atoms with Gasteiger partial charge in [0, 0.05) is 25.6 Å². The van der Waals surface area contributed by atoms with Crippen molar-refractivity contribution in [2.75, 3.05) is 18.4 Å². The quantitative estimate of drug-likeness (QED) is 0.826. The second-order valence-corrected chi connectivity index (χ2v) is 5.97. The zero-order valence-electron chi connectivity index (χ0n) is 14.3. The standard InChI is InChI=1S/C17H20F3N3O3/c1-3-14(24)22-9-7-11(8-10-22)15(25)21-12-5-6-13(17(18,19)20)23(4-2)16(12)26/h3,5-6,11H,1,4,7-10H2,2H3,(H,21,25). The number of rotatable bonds is 4. The number of amides is 2. The van der Waals surface area contributed by atoms with Gasteiger partial charge in [0.1, 0.15) is 11.4 Å². The van der Waals surface area contributed by atoms with E-state index in [9.17, 15) is 27.6 Å². The molecule has 142 valence electrons. The first kappa shape index (κ1) is 19.7. The van der Waals surface area contributed by atoms with Gasteiger partial charge in [0.2, 0.25) is 11.8 Å². The highest BCUT2D eigenvalue weighted by atomic mass is 19.4. The van der Waals surface area contributed by atoms with E-state index in [4.69, 9.17) is 0 Å². The summed E-state index contributed by atoms with van der Waals surface area (Å²) in [6.45, 7) is 5.43.